The van der Waals surface area contributed by atoms with Gasteiger partial charge in [-0.1, -0.05) is 19.1 Å². The molecule has 0 spiro atoms. The monoisotopic (exact) mass is 345 g/mol. The first-order valence-corrected chi connectivity index (χ1v) is 8.19. The lowest BCUT2D eigenvalue weighted by Gasteiger charge is -2.16. The molecule has 0 unspecified atom stereocenters. The Morgan fingerprint density at radius 3 is 2.68 bits per heavy atom. The van der Waals surface area contributed by atoms with Gasteiger partial charge in [0.05, 0.1) is 19.6 Å². The molecule has 6 heteroatoms. The highest BCUT2D eigenvalue weighted by Gasteiger charge is 2.17. The van der Waals surface area contributed by atoms with Crippen LogP contribution in [0.3, 0.4) is 0 Å². The minimum absolute atomic E-state index is 0.0847. The second kappa shape index (κ2) is 8.37. The summed E-state index contributed by atoms with van der Waals surface area (Å²) in [4.78, 5) is 25.0. The van der Waals surface area contributed by atoms with Crippen molar-refractivity contribution >= 4 is 11.9 Å². The van der Waals surface area contributed by atoms with Crippen LogP contribution in [0, 0.1) is 6.92 Å². The Bertz CT molecular complexity index is 750. The molecule has 2 aromatic rings. The van der Waals surface area contributed by atoms with Gasteiger partial charge in [-0.15, -0.1) is 0 Å². The summed E-state index contributed by atoms with van der Waals surface area (Å²) in [6.45, 7) is 4.49. The number of benzene rings is 1. The molecule has 1 aromatic heterocycles. The third-order valence-electron chi connectivity index (χ3n) is 3.74. The van der Waals surface area contributed by atoms with E-state index in [2.05, 4.69) is 0 Å². The van der Waals surface area contributed by atoms with Gasteiger partial charge in [0.1, 0.15) is 22.8 Å². The lowest BCUT2D eigenvalue weighted by Crippen LogP contribution is -2.27. The normalized spacial score (nSPS) is 10.5. The number of ether oxygens (including phenoxy) is 1. The van der Waals surface area contributed by atoms with Crippen molar-refractivity contribution in [1.82, 2.24) is 4.90 Å². The van der Waals surface area contributed by atoms with Gasteiger partial charge in [0.2, 0.25) is 5.91 Å². The van der Waals surface area contributed by atoms with E-state index in [1.165, 1.54) is 11.0 Å². The average Bonchev–Trinajstić information content (AvgIpc) is 2.93. The Balaban J connectivity index is 1.98. The summed E-state index contributed by atoms with van der Waals surface area (Å²) in [5.41, 5.74) is 0.990. The van der Waals surface area contributed by atoms with E-state index < -0.39 is 5.97 Å². The van der Waals surface area contributed by atoms with E-state index in [0.29, 0.717) is 18.1 Å². The van der Waals surface area contributed by atoms with Crippen LogP contribution in [-0.4, -0.2) is 35.5 Å². The molecule has 0 fully saturated rings. The standard InChI is InChI=1S/C19H23NO5/c1-4-8-24-15-7-5-6-14(9-15)10-18(21)20(3)12-16-11-17(19(22)23)13(2)25-16/h5-7,9,11H,4,8,10,12H2,1-3H3,(H,22,23). The van der Waals surface area contributed by atoms with E-state index >= 15 is 0 Å². The van der Waals surface area contributed by atoms with E-state index in [9.17, 15) is 9.59 Å². The molecule has 1 amide bonds. The van der Waals surface area contributed by atoms with Crippen molar-refractivity contribution < 1.29 is 23.8 Å². The highest BCUT2D eigenvalue weighted by atomic mass is 16.5. The van der Waals surface area contributed by atoms with Crippen LogP contribution in [0.5, 0.6) is 5.75 Å². The summed E-state index contributed by atoms with van der Waals surface area (Å²) in [5, 5.41) is 9.05. The molecule has 0 saturated carbocycles. The Morgan fingerprint density at radius 1 is 1.28 bits per heavy atom. The van der Waals surface area contributed by atoms with E-state index in [-0.39, 0.29) is 24.4 Å². The first kappa shape index (κ1) is 18.6. The Labute approximate surface area is 147 Å². The minimum atomic E-state index is -1.04. The quantitative estimate of drug-likeness (QED) is 0.794. The zero-order valence-corrected chi connectivity index (χ0v) is 14.7. The predicted octanol–water partition coefficient (Wildman–Crippen LogP) is 3.28. The number of hydrogen-bond donors (Lipinski definition) is 1. The number of amides is 1. The lowest BCUT2D eigenvalue weighted by atomic mass is 10.1. The van der Waals surface area contributed by atoms with Gasteiger partial charge in [0, 0.05) is 7.05 Å². The summed E-state index contributed by atoms with van der Waals surface area (Å²) in [6, 6.07) is 8.93. The van der Waals surface area contributed by atoms with Crippen LogP contribution >= 0.6 is 0 Å². The fraction of sp³-hybridized carbons (Fsp3) is 0.368. The molecule has 1 N–H and O–H groups in total. The van der Waals surface area contributed by atoms with Crippen molar-refractivity contribution in [3.05, 3.63) is 53.0 Å². The highest BCUT2D eigenvalue weighted by Crippen LogP contribution is 2.18. The van der Waals surface area contributed by atoms with E-state index in [1.54, 1.807) is 14.0 Å². The molecule has 0 atom stereocenters. The number of aryl methyl sites for hydroxylation is 1. The van der Waals surface area contributed by atoms with Gasteiger partial charge in [-0.2, -0.15) is 0 Å². The van der Waals surface area contributed by atoms with Gasteiger partial charge in [-0.25, -0.2) is 4.79 Å². The minimum Gasteiger partial charge on any atom is -0.494 e. The zero-order valence-electron chi connectivity index (χ0n) is 14.7. The van der Waals surface area contributed by atoms with Gasteiger partial charge in [0.25, 0.3) is 0 Å². The fourth-order valence-corrected chi connectivity index (χ4v) is 2.43. The van der Waals surface area contributed by atoms with Crippen molar-refractivity contribution in [3.8, 4) is 5.75 Å². The van der Waals surface area contributed by atoms with Crippen LogP contribution in [0.1, 0.15) is 40.8 Å². The van der Waals surface area contributed by atoms with Gasteiger partial charge in [-0.05, 0) is 37.1 Å². The topological polar surface area (TPSA) is 80.0 Å². The second-order valence-electron chi connectivity index (χ2n) is 5.91. The molecule has 134 valence electrons. The molecule has 0 aliphatic rings. The van der Waals surface area contributed by atoms with Crippen LogP contribution in [0.2, 0.25) is 0 Å². The number of nitrogens with zero attached hydrogens (tertiary/aromatic N) is 1. The average molecular weight is 345 g/mol. The number of hydrogen-bond acceptors (Lipinski definition) is 4. The molecule has 0 saturated heterocycles. The molecule has 0 aliphatic heterocycles. The molecular weight excluding hydrogens is 322 g/mol. The third kappa shape index (κ3) is 5.11. The maximum Gasteiger partial charge on any atom is 0.339 e. The van der Waals surface area contributed by atoms with Crippen LogP contribution in [-0.2, 0) is 17.8 Å². The Morgan fingerprint density at radius 2 is 2.04 bits per heavy atom. The molecule has 1 heterocycles. The number of furan rings is 1. The molecule has 6 nitrogen and oxygen atoms in total. The number of carbonyl (C=O) groups excluding carboxylic acids is 1. The molecule has 25 heavy (non-hydrogen) atoms. The number of carboxylic acids is 1. The second-order valence-corrected chi connectivity index (χ2v) is 5.91. The lowest BCUT2D eigenvalue weighted by molar-refractivity contribution is -0.129. The first-order valence-electron chi connectivity index (χ1n) is 8.19. The maximum atomic E-state index is 12.4. The number of rotatable bonds is 8. The number of carboxylic acid groups (broad SMARTS) is 1. The summed E-state index contributed by atoms with van der Waals surface area (Å²) >= 11 is 0. The van der Waals surface area contributed by atoms with Crippen molar-refractivity contribution in [2.24, 2.45) is 0 Å². The molecule has 0 aliphatic carbocycles. The summed E-state index contributed by atoms with van der Waals surface area (Å²) in [5.74, 6) is 0.418. The Hall–Kier alpha value is -2.76. The first-order chi connectivity index (χ1) is 11.9. The van der Waals surface area contributed by atoms with Crippen LogP contribution in [0.25, 0.3) is 0 Å². The Kier molecular flexibility index (Phi) is 6.22. The van der Waals surface area contributed by atoms with Gasteiger partial charge >= 0.3 is 5.97 Å². The van der Waals surface area contributed by atoms with Crippen LogP contribution in [0.4, 0.5) is 0 Å². The van der Waals surface area contributed by atoms with Crippen molar-refractivity contribution in [1.29, 1.82) is 0 Å². The van der Waals surface area contributed by atoms with Crippen molar-refractivity contribution in [2.75, 3.05) is 13.7 Å². The highest BCUT2D eigenvalue weighted by molar-refractivity contribution is 5.88. The van der Waals surface area contributed by atoms with Crippen LogP contribution < -0.4 is 4.74 Å². The number of likely N-dealkylation sites (N-methyl/N-ethyl adjacent to an activating group) is 1. The van der Waals surface area contributed by atoms with Crippen molar-refractivity contribution in [2.45, 2.75) is 33.2 Å². The van der Waals surface area contributed by atoms with E-state index in [0.717, 1.165) is 17.7 Å². The summed E-state index contributed by atoms with van der Waals surface area (Å²) < 4.78 is 11.0. The molecule has 1 aromatic carbocycles. The van der Waals surface area contributed by atoms with Gasteiger partial charge < -0.3 is 19.2 Å². The van der Waals surface area contributed by atoms with Gasteiger partial charge in [-0.3, -0.25) is 4.79 Å². The third-order valence-corrected chi connectivity index (χ3v) is 3.74. The van der Waals surface area contributed by atoms with Crippen molar-refractivity contribution in [3.63, 3.8) is 0 Å². The predicted molar refractivity (Wildman–Crippen MR) is 92.8 cm³/mol. The van der Waals surface area contributed by atoms with E-state index in [1.807, 2.05) is 31.2 Å². The maximum absolute atomic E-state index is 12.4. The van der Waals surface area contributed by atoms with E-state index in [4.69, 9.17) is 14.3 Å². The molecule has 0 radical (unpaired) electrons. The SMILES string of the molecule is CCCOc1cccc(CC(=O)N(C)Cc2cc(C(=O)O)c(C)o2)c1. The number of aromatic carboxylic acids is 1. The smallest absolute Gasteiger partial charge is 0.339 e. The van der Waals surface area contributed by atoms with Gasteiger partial charge in [0.15, 0.2) is 0 Å². The fourth-order valence-electron chi connectivity index (χ4n) is 2.43. The summed E-state index contributed by atoms with van der Waals surface area (Å²) in [6.07, 6.45) is 1.16. The molecule has 2 rings (SSSR count). The van der Waals surface area contributed by atoms with Crippen LogP contribution in [0.15, 0.2) is 34.7 Å². The molecular formula is C19H23NO5. The molecule has 0 bridgehead atoms. The summed E-state index contributed by atoms with van der Waals surface area (Å²) in [7, 11) is 1.66. The zero-order chi connectivity index (χ0) is 18.4. The number of carbonyl (C=O) groups is 2. The largest absolute Gasteiger partial charge is 0.494 e.